The van der Waals surface area contributed by atoms with Crippen molar-refractivity contribution in [2.24, 2.45) is 4.99 Å². The molecule has 0 N–H and O–H groups in total. The molecule has 2 heterocycles. The fourth-order valence-electron chi connectivity index (χ4n) is 3.56. The van der Waals surface area contributed by atoms with Gasteiger partial charge in [-0.3, -0.25) is 14.4 Å². The number of hydrogen-bond acceptors (Lipinski definition) is 5. The number of aryl methyl sites for hydroxylation is 1. The molecular weight excluding hydrogens is 382 g/mol. The second-order valence-electron chi connectivity index (χ2n) is 7.45. The maximum Gasteiger partial charge on any atom is 0.263 e. The molecule has 0 saturated heterocycles. The molecule has 3 aromatic rings. The van der Waals surface area contributed by atoms with Gasteiger partial charge in [0, 0.05) is 17.1 Å². The van der Waals surface area contributed by atoms with E-state index in [1.54, 1.807) is 33.5 Å². The molecule has 1 fully saturated rings. The number of nitrogens with zero attached hydrogens (tertiary/aromatic N) is 3. The highest BCUT2D eigenvalue weighted by molar-refractivity contribution is 7.07. The molecule has 5 nitrogen and oxygen atoms in total. The Balaban J connectivity index is 1.53. The van der Waals surface area contributed by atoms with Gasteiger partial charge in [0.05, 0.1) is 17.2 Å². The summed E-state index contributed by atoms with van der Waals surface area (Å²) in [6, 6.07) is 11.5. The molecule has 0 spiro atoms. The van der Waals surface area contributed by atoms with Crippen molar-refractivity contribution in [1.82, 2.24) is 9.55 Å². The van der Waals surface area contributed by atoms with E-state index in [0.717, 1.165) is 35.3 Å². The molecule has 0 atom stereocenters. The molecule has 2 aromatic heterocycles. The van der Waals surface area contributed by atoms with Crippen LogP contribution in [0.5, 0.6) is 5.75 Å². The number of carbonyl (C=O) groups is 1. The molecule has 1 aliphatic rings. The average molecular weight is 408 g/mol. The van der Waals surface area contributed by atoms with Gasteiger partial charge < -0.3 is 4.74 Å². The quantitative estimate of drug-likeness (QED) is 0.613. The predicted octanol–water partition coefficient (Wildman–Crippen LogP) is 4.75. The highest BCUT2D eigenvalue weighted by Crippen LogP contribution is 2.20. The molecule has 6 heteroatoms. The van der Waals surface area contributed by atoms with Gasteiger partial charge in [-0.15, -0.1) is 11.3 Å². The zero-order valence-electron chi connectivity index (χ0n) is 16.6. The fourth-order valence-corrected chi connectivity index (χ4v) is 4.10. The van der Waals surface area contributed by atoms with Gasteiger partial charge in [0.1, 0.15) is 17.8 Å². The van der Waals surface area contributed by atoms with Crippen LogP contribution in [0.2, 0.25) is 0 Å². The number of benzene rings is 1. The first kappa shape index (κ1) is 19.6. The fraction of sp³-hybridized carbons (Fsp3) is 0.348. The molecule has 0 bridgehead atoms. The van der Waals surface area contributed by atoms with Gasteiger partial charge in [0.15, 0.2) is 0 Å². The van der Waals surface area contributed by atoms with Crippen LogP contribution in [0.25, 0.3) is 0 Å². The molecule has 1 saturated carbocycles. The Morgan fingerprint density at radius 1 is 1.21 bits per heavy atom. The van der Waals surface area contributed by atoms with Crippen LogP contribution < -0.4 is 10.2 Å². The summed E-state index contributed by atoms with van der Waals surface area (Å²) in [4.78, 5) is 22.2. The molecule has 0 unspecified atom stereocenters. The lowest BCUT2D eigenvalue weighted by atomic mass is 9.96. The van der Waals surface area contributed by atoms with Gasteiger partial charge in [-0.2, -0.15) is 0 Å². The van der Waals surface area contributed by atoms with Gasteiger partial charge >= 0.3 is 0 Å². The van der Waals surface area contributed by atoms with Crippen molar-refractivity contribution in [2.75, 3.05) is 0 Å². The minimum atomic E-state index is -0.0781. The lowest BCUT2D eigenvalue weighted by Crippen LogP contribution is -2.29. The van der Waals surface area contributed by atoms with E-state index in [-0.39, 0.29) is 5.91 Å². The van der Waals surface area contributed by atoms with Crippen molar-refractivity contribution in [3.63, 3.8) is 0 Å². The van der Waals surface area contributed by atoms with Crippen LogP contribution in [0, 0.1) is 6.92 Å². The summed E-state index contributed by atoms with van der Waals surface area (Å²) in [6.07, 6.45) is 7.76. The van der Waals surface area contributed by atoms with E-state index in [1.165, 1.54) is 19.3 Å². The van der Waals surface area contributed by atoms with E-state index in [2.05, 4.69) is 4.98 Å². The number of pyridine rings is 1. The Kier molecular flexibility index (Phi) is 6.20. The Bertz CT molecular complexity index is 1020. The minimum Gasteiger partial charge on any atom is -0.487 e. The van der Waals surface area contributed by atoms with Crippen LogP contribution in [0.15, 0.2) is 58.5 Å². The largest absolute Gasteiger partial charge is 0.487 e. The summed E-state index contributed by atoms with van der Waals surface area (Å²) in [5.41, 5.74) is 5.15. The van der Waals surface area contributed by atoms with Crippen LogP contribution in [-0.2, 0) is 6.61 Å². The lowest BCUT2D eigenvalue weighted by Gasteiger charge is -2.18. The zero-order valence-corrected chi connectivity index (χ0v) is 17.4. The van der Waals surface area contributed by atoms with E-state index < -0.39 is 0 Å². The zero-order chi connectivity index (χ0) is 20.1. The molecule has 1 aromatic carbocycles. The highest BCUT2D eigenvalue weighted by atomic mass is 32.1. The van der Waals surface area contributed by atoms with E-state index in [4.69, 9.17) is 9.73 Å². The Morgan fingerprint density at radius 2 is 2.00 bits per heavy atom. The molecule has 29 heavy (non-hydrogen) atoms. The molecule has 4 rings (SSSR count). The van der Waals surface area contributed by atoms with Crippen molar-refractivity contribution in [1.29, 1.82) is 0 Å². The van der Waals surface area contributed by atoms with Gasteiger partial charge in [0.25, 0.3) is 5.91 Å². The molecule has 1 aliphatic carbocycles. The minimum absolute atomic E-state index is 0.0781. The normalized spacial score (nSPS) is 15.4. The topological polar surface area (TPSA) is 56.5 Å². The maximum absolute atomic E-state index is 13.1. The van der Waals surface area contributed by atoms with Gasteiger partial charge in [-0.25, -0.2) is 4.98 Å². The number of rotatable bonds is 5. The van der Waals surface area contributed by atoms with Gasteiger partial charge in [-0.1, -0.05) is 19.3 Å². The van der Waals surface area contributed by atoms with Gasteiger partial charge in [-0.05, 0) is 61.7 Å². The second-order valence-corrected chi connectivity index (χ2v) is 8.17. The maximum atomic E-state index is 13.1. The first-order valence-electron chi connectivity index (χ1n) is 10.1. The molecule has 0 aliphatic heterocycles. The number of aromatic nitrogens is 2. The Hall–Kier alpha value is -2.73. The van der Waals surface area contributed by atoms with Crippen LogP contribution in [0.4, 0.5) is 0 Å². The smallest absolute Gasteiger partial charge is 0.263 e. The summed E-state index contributed by atoms with van der Waals surface area (Å²) in [5, 5.41) is 1.96. The standard InChI is InChI=1S/C23H25N3O2S/c1-17-11-12-26(22(13-17)25-19-5-3-2-4-6-19)23(27)18-7-9-21(10-8-18)28-14-20-15-29-16-24-20/h7-13,15-16,19H,2-6,14H2,1H3. The first-order chi connectivity index (χ1) is 14.2. The third-order valence-corrected chi connectivity index (χ3v) is 5.81. The van der Waals surface area contributed by atoms with Crippen molar-refractivity contribution in [3.8, 4) is 5.75 Å². The average Bonchev–Trinajstić information content (AvgIpc) is 3.27. The summed E-state index contributed by atoms with van der Waals surface area (Å²) >= 11 is 1.55. The van der Waals surface area contributed by atoms with E-state index in [9.17, 15) is 4.79 Å². The molecule has 0 radical (unpaired) electrons. The summed E-state index contributed by atoms with van der Waals surface area (Å²) < 4.78 is 7.40. The van der Waals surface area contributed by atoms with E-state index in [1.807, 2.05) is 42.8 Å². The SMILES string of the molecule is Cc1ccn(C(=O)c2ccc(OCc3cscn3)cc2)c(=NC2CCCCC2)c1. The van der Waals surface area contributed by atoms with Crippen LogP contribution in [0.1, 0.15) is 53.7 Å². The van der Waals surface area contributed by atoms with Crippen molar-refractivity contribution < 1.29 is 9.53 Å². The van der Waals surface area contributed by atoms with Crippen LogP contribution >= 0.6 is 11.3 Å². The highest BCUT2D eigenvalue weighted by Gasteiger charge is 2.14. The van der Waals surface area contributed by atoms with Crippen LogP contribution in [-0.4, -0.2) is 21.5 Å². The Labute approximate surface area is 174 Å². The van der Waals surface area contributed by atoms with Crippen molar-refractivity contribution >= 4 is 17.2 Å². The summed E-state index contributed by atoms with van der Waals surface area (Å²) in [6.45, 7) is 2.46. The third kappa shape index (κ3) is 5.01. The molecular formula is C23H25N3O2S. The number of hydrogen-bond donors (Lipinski definition) is 0. The monoisotopic (exact) mass is 407 g/mol. The lowest BCUT2D eigenvalue weighted by molar-refractivity contribution is 0.0954. The second kappa shape index (κ2) is 9.18. The number of carbonyl (C=O) groups excluding carboxylic acids is 1. The summed E-state index contributed by atoms with van der Waals surface area (Å²) in [7, 11) is 0. The molecule has 0 amide bonds. The molecule has 150 valence electrons. The number of ether oxygens (including phenoxy) is 1. The number of thiazole rings is 1. The van der Waals surface area contributed by atoms with Gasteiger partial charge in [0.2, 0.25) is 0 Å². The van der Waals surface area contributed by atoms with Crippen LogP contribution in [0.3, 0.4) is 0 Å². The Morgan fingerprint density at radius 3 is 2.72 bits per heavy atom. The van der Waals surface area contributed by atoms with Crippen molar-refractivity contribution in [2.45, 2.75) is 51.7 Å². The first-order valence-corrected chi connectivity index (χ1v) is 11.0. The van der Waals surface area contributed by atoms with E-state index in [0.29, 0.717) is 18.2 Å². The van der Waals surface area contributed by atoms with Crippen molar-refractivity contribution in [3.05, 3.63) is 75.8 Å². The van der Waals surface area contributed by atoms with E-state index >= 15 is 0 Å². The predicted molar refractivity (Wildman–Crippen MR) is 114 cm³/mol. The third-order valence-electron chi connectivity index (χ3n) is 5.17. The summed E-state index contributed by atoms with van der Waals surface area (Å²) in [5.74, 6) is 0.640.